The monoisotopic (exact) mass is 281 g/mol. The molecule has 2 unspecified atom stereocenters. The van der Waals surface area contributed by atoms with Gasteiger partial charge >= 0.3 is 0 Å². The second-order valence-corrected chi connectivity index (χ2v) is 6.47. The minimum absolute atomic E-state index is 0.183. The number of fused-ring (bicyclic) bond motifs is 1. The Kier molecular flexibility index (Phi) is 3.46. The van der Waals surface area contributed by atoms with Crippen molar-refractivity contribution in [3.05, 3.63) is 28.8 Å². The Morgan fingerprint density at radius 2 is 2.37 bits per heavy atom. The number of ether oxygens (including phenoxy) is 1. The molecular formula is C15H20ClNO2. The van der Waals surface area contributed by atoms with Crippen LogP contribution < -0.4 is 4.74 Å². The number of benzene rings is 1. The molecule has 2 heterocycles. The predicted octanol–water partition coefficient (Wildman–Crippen LogP) is 2.49. The molecule has 104 valence electrons. The van der Waals surface area contributed by atoms with E-state index in [1.807, 2.05) is 25.1 Å². The quantitative estimate of drug-likeness (QED) is 0.904. The van der Waals surface area contributed by atoms with Gasteiger partial charge in [-0.2, -0.15) is 0 Å². The molecule has 1 aromatic rings. The summed E-state index contributed by atoms with van der Waals surface area (Å²) in [7, 11) is 0. The number of nitrogens with zero attached hydrogens (tertiary/aromatic N) is 1. The molecule has 3 rings (SSSR count). The maximum absolute atomic E-state index is 10.1. The van der Waals surface area contributed by atoms with E-state index in [1.165, 1.54) is 5.56 Å². The summed E-state index contributed by atoms with van der Waals surface area (Å²) in [6.45, 7) is 4.59. The largest absolute Gasteiger partial charge is 0.488 e. The Hall–Kier alpha value is -0.770. The van der Waals surface area contributed by atoms with Crippen LogP contribution in [-0.4, -0.2) is 41.3 Å². The smallest absolute Gasteiger partial charge is 0.123 e. The molecule has 0 amide bonds. The van der Waals surface area contributed by atoms with E-state index in [0.29, 0.717) is 0 Å². The summed E-state index contributed by atoms with van der Waals surface area (Å²) in [5.41, 5.74) is 0.647. The molecule has 19 heavy (non-hydrogen) atoms. The zero-order valence-electron chi connectivity index (χ0n) is 11.2. The van der Waals surface area contributed by atoms with Crippen molar-refractivity contribution in [2.75, 3.05) is 19.6 Å². The van der Waals surface area contributed by atoms with Gasteiger partial charge in [0.25, 0.3) is 0 Å². The van der Waals surface area contributed by atoms with Crippen molar-refractivity contribution in [1.82, 2.24) is 4.90 Å². The lowest BCUT2D eigenvalue weighted by atomic mass is 9.95. The second kappa shape index (κ2) is 4.97. The average molecular weight is 282 g/mol. The minimum atomic E-state index is -0.549. The fourth-order valence-electron chi connectivity index (χ4n) is 3.16. The lowest BCUT2D eigenvalue weighted by Crippen LogP contribution is -2.49. The molecule has 1 fully saturated rings. The molecule has 0 aliphatic carbocycles. The summed E-state index contributed by atoms with van der Waals surface area (Å²) in [6.07, 6.45) is 3.04. The van der Waals surface area contributed by atoms with Crippen LogP contribution in [0.1, 0.15) is 25.3 Å². The van der Waals surface area contributed by atoms with Gasteiger partial charge < -0.3 is 9.84 Å². The van der Waals surface area contributed by atoms with Crippen LogP contribution in [0.25, 0.3) is 0 Å². The van der Waals surface area contributed by atoms with Crippen LogP contribution in [0.2, 0.25) is 5.02 Å². The number of halogens is 1. The molecule has 4 heteroatoms. The standard InChI is InChI=1S/C15H20ClNO2/c1-15(18)5-2-6-17(10-15)9-13-8-11-7-12(16)3-4-14(11)19-13/h3-4,7,13,18H,2,5-6,8-10H2,1H3. The van der Waals surface area contributed by atoms with Gasteiger partial charge in [-0.1, -0.05) is 11.6 Å². The minimum Gasteiger partial charge on any atom is -0.488 e. The van der Waals surface area contributed by atoms with E-state index in [1.54, 1.807) is 0 Å². The maximum atomic E-state index is 10.1. The first-order chi connectivity index (χ1) is 9.02. The van der Waals surface area contributed by atoms with E-state index in [-0.39, 0.29) is 6.10 Å². The first-order valence-corrected chi connectivity index (χ1v) is 7.29. The summed E-state index contributed by atoms with van der Waals surface area (Å²) in [5.74, 6) is 0.957. The van der Waals surface area contributed by atoms with Gasteiger partial charge in [-0.15, -0.1) is 0 Å². The highest BCUT2D eigenvalue weighted by Gasteiger charge is 2.31. The van der Waals surface area contributed by atoms with Gasteiger partial charge in [0.05, 0.1) is 5.60 Å². The molecule has 2 aliphatic rings. The van der Waals surface area contributed by atoms with Crippen LogP contribution in [-0.2, 0) is 6.42 Å². The summed E-state index contributed by atoms with van der Waals surface area (Å²) in [4.78, 5) is 2.31. The van der Waals surface area contributed by atoms with Gasteiger partial charge in [-0.3, -0.25) is 4.90 Å². The zero-order valence-corrected chi connectivity index (χ0v) is 12.0. The third-order valence-corrected chi connectivity index (χ3v) is 4.21. The Balaban J connectivity index is 1.61. The number of rotatable bonds is 2. The maximum Gasteiger partial charge on any atom is 0.123 e. The molecule has 0 aromatic heterocycles. The van der Waals surface area contributed by atoms with Gasteiger partial charge in [-0.05, 0) is 50.1 Å². The number of hydrogen-bond acceptors (Lipinski definition) is 3. The van der Waals surface area contributed by atoms with Crippen molar-refractivity contribution in [3.8, 4) is 5.75 Å². The van der Waals surface area contributed by atoms with Crippen LogP contribution in [0, 0.1) is 0 Å². The summed E-state index contributed by atoms with van der Waals surface area (Å²) >= 11 is 6.00. The van der Waals surface area contributed by atoms with E-state index in [0.717, 1.165) is 49.7 Å². The lowest BCUT2D eigenvalue weighted by molar-refractivity contribution is -0.0239. The van der Waals surface area contributed by atoms with Crippen LogP contribution in [0.4, 0.5) is 0 Å². The van der Waals surface area contributed by atoms with E-state index in [9.17, 15) is 5.11 Å². The van der Waals surface area contributed by atoms with Gasteiger partial charge in [0.2, 0.25) is 0 Å². The third kappa shape index (κ3) is 3.04. The fraction of sp³-hybridized carbons (Fsp3) is 0.600. The van der Waals surface area contributed by atoms with Gasteiger partial charge in [0, 0.05) is 24.5 Å². The van der Waals surface area contributed by atoms with E-state index in [4.69, 9.17) is 16.3 Å². The van der Waals surface area contributed by atoms with Crippen molar-refractivity contribution in [2.24, 2.45) is 0 Å². The first-order valence-electron chi connectivity index (χ1n) is 6.92. The SMILES string of the molecule is CC1(O)CCCN(CC2Cc3cc(Cl)ccc3O2)C1. The van der Waals surface area contributed by atoms with Crippen molar-refractivity contribution >= 4 is 11.6 Å². The Morgan fingerprint density at radius 3 is 3.16 bits per heavy atom. The highest BCUT2D eigenvalue weighted by molar-refractivity contribution is 6.30. The van der Waals surface area contributed by atoms with Crippen molar-refractivity contribution in [3.63, 3.8) is 0 Å². The Bertz CT molecular complexity index is 475. The number of piperidine rings is 1. The van der Waals surface area contributed by atoms with Crippen LogP contribution in [0.15, 0.2) is 18.2 Å². The molecule has 1 N–H and O–H groups in total. The topological polar surface area (TPSA) is 32.7 Å². The van der Waals surface area contributed by atoms with E-state index < -0.39 is 5.60 Å². The highest BCUT2D eigenvalue weighted by Crippen LogP contribution is 2.32. The van der Waals surface area contributed by atoms with Crippen molar-refractivity contribution in [1.29, 1.82) is 0 Å². The molecule has 0 saturated carbocycles. The van der Waals surface area contributed by atoms with E-state index >= 15 is 0 Å². The molecule has 0 spiro atoms. The van der Waals surface area contributed by atoms with Gasteiger partial charge in [-0.25, -0.2) is 0 Å². The van der Waals surface area contributed by atoms with E-state index in [2.05, 4.69) is 4.90 Å². The lowest BCUT2D eigenvalue weighted by Gasteiger charge is -2.37. The van der Waals surface area contributed by atoms with Crippen molar-refractivity contribution in [2.45, 2.75) is 37.9 Å². The number of aliphatic hydroxyl groups is 1. The second-order valence-electron chi connectivity index (χ2n) is 6.03. The van der Waals surface area contributed by atoms with Gasteiger partial charge in [0.15, 0.2) is 0 Å². The predicted molar refractivity (Wildman–Crippen MR) is 75.9 cm³/mol. The number of likely N-dealkylation sites (tertiary alicyclic amines) is 1. The van der Waals surface area contributed by atoms with Crippen molar-refractivity contribution < 1.29 is 9.84 Å². The number of β-amino-alcohol motifs (C(OH)–C–C–N with tert-alkyl or cyclic N) is 1. The third-order valence-electron chi connectivity index (χ3n) is 3.98. The normalized spacial score (nSPS) is 31.0. The first kappa shape index (κ1) is 13.2. The van der Waals surface area contributed by atoms with Gasteiger partial charge in [0.1, 0.15) is 11.9 Å². The molecule has 1 saturated heterocycles. The van der Waals surface area contributed by atoms with Crippen LogP contribution >= 0.6 is 11.6 Å². The average Bonchev–Trinajstić information content (AvgIpc) is 2.68. The summed E-state index contributed by atoms with van der Waals surface area (Å²) in [6, 6.07) is 5.81. The number of hydrogen-bond donors (Lipinski definition) is 1. The fourth-order valence-corrected chi connectivity index (χ4v) is 3.35. The summed E-state index contributed by atoms with van der Waals surface area (Å²) in [5, 5.41) is 10.9. The molecule has 0 bridgehead atoms. The molecule has 2 atom stereocenters. The van der Waals surface area contributed by atoms with Crippen LogP contribution in [0.5, 0.6) is 5.75 Å². The molecule has 3 nitrogen and oxygen atoms in total. The molecule has 1 aromatic carbocycles. The molecular weight excluding hydrogens is 262 g/mol. The highest BCUT2D eigenvalue weighted by atomic mass is 35.5. The molecule has 2 aliphatic heterocycles. The summed E-state index contributed by atoms with van der Waals surface area (Å²) < 4.78 is 5.95. The zero-order chi connectivity index (χ0) is 13.5. The Morgan fingerprint density at radius 1 is 1.53 bits per heavy atom. The Labute approximate surface area is 119 Å². The van der Waals surface area contributed by atoms with Crippen LogP contribution in [0.3, 0.4) is 0 Å². The molecule has 0 radical (unpaired) electrons.